The molecule has 2 aliphatic rings. The Morgan fingerprint density at radius 3 is 1.93 bits per heavy atom. The van der Waals surface area contributed by atoms with E-state index < -0.39 is 39.6 Å². The Bertz CT molecular complexity index is 3420. The Labute approximate surface area is 541 Å². The number of fused-ring (bicyclic) bond motifs is 6. The molecule has 22 heteroatoms. The fourth-order valence-corrected chi connectivity index (χ4v) is 13.6. The first-order valence-corrected chi connectivity index (χ1v) is 34.9. The van der Waals surface area contributed by atoms with Gasteiger partial charge in [-0.25, -0.2) is 4.57 Å². The molecule has 0 bridgehead atoms. The number of quaternary nitrogens is 1. The SMILES string of the molecule is CC(C)(CC(C)(Br)C(=O)OCCOP(=O)(O)OCC[N+](C)(C)C)C(=O)OCCOCCOCCOCCNC(=O)CCCCC[N+]1=C(C=CC=CC=CC=C2N(CCCCS(=O)(=O)O)c3ccc4ccccc4c3C2(C)C)C(C)(C)c2c1ccc1ccccc21. The number of hydrogen-bond acceptors (Lipinski definition) is 14. The summed E-state index contributed by atoms with van der Waals surface area (Å²) in [7, 11) is -2.59. The molecule has 0 saturated heterocycles. The van der Waals surface area contributed by atoms with E-state index in [1.54, 1.807) is 20.8 Å². The predicted octanol–water partition coefficient (Wildman–Crippen LogP) is 11.6. The summed E-state index contributed by atoms with van der Waals surface area (Å²) in [4.78, 5) is 50.7. The first kappa shape index (κ1) is 73.6. The Kier molecular flexibility index (Phi) is 27.3. The van der Waals surface area contributed by atoms with Crippen LogP contribution in [0.1, 0.15) is 105 Å². The minimum Gasteiger partial charge on any atom is -0.463 e. The van der Waals surface area contributed by atoms with E-state index in [0.29, 0.717) is 69.8 Å². The number of nitrogens with one attached hydrogen (secondary N) is 1. The molecule has 4 aromatic rings. The van der Waals surface area contributed by atoms with Crippen LogP contribution in [-0.2, 0) is 72.6 Å². The lowest BCUT2D eigenvalue weighted by molar-refractivity contribution is -0.870. The van der Waals surface area contributed by atoms with Gasteiger partial charge in [0.1, 0.15) is 37.2 Å². The smallest absolute Gasteiger partial charge is 0.463 e. The zero-order chi connectivity index (χ0) is 65.8. The van der Waals surface area contributed by atoms with Crippen LogP contribution in [0.3, 0.4) is 0 Å². The van der Waals surface area contributed by atoms with Crippen molar-refractivity contribution in [3.63, 3.8) is 0 Å². The van der Waals surface area contributed by atoms with E-state index in [9.17, 15) is 36.8 Å². The molecule has 1 amide bonds. The van der Waals surface area contributed by atoms with Gasteiger partial charge in [0.25, 0.3) is 10.1 Å². The van der Waals surface area contributed by atoms with Crippen LogP contribution in [0, 0.1) is 5.41 Å². The number of carbonyl (C=O) groups excluding carboxylic acids is 3. The number of unbranched alkanes of at least 4 members (excludes halogenated alkanes) is 3. The van der Waals surface area contributed by atoms with Gasteiger partial charge >= 0.3 is 19.8 Å². The highest BCUT2D eigenvalue weighted by Gasteiger charge is 2.46. The summed E-state index contributed by atoms with van der Waals surface area (Å²) in [5.74, 6) is -1.48. The number of esters is 2. The number of hydrogen-bond donors (Lipinski definition) is 3. The lowest BCUT2D eigenvalue weighted by atomic mass is 9.79. The monoisotopic (exact) mass is 1350 g/mol. The standard InChI is InChI=1S/C68H94BrN4O15PS/c1-65(2,51-68(7,69)64(76)86-48-49-88-89(77,78)87-41-39-73(8,9)10)63(75)85-47-46-84-45-44-83-43-42-82-40-36-70-60(74)31-17-14-22-37-71-56-34-32-52-25-18-20-27-54(52)61(56)66(3,4)58(71)29-15-12-11-13-16-30-59-67(5,6)62-55-28-21-19-26-53(55)33-35-57(62)72(59)38-23-24-50-90(79,80)81/h11-13,15-16,18-21,25-30,32-35H,14,17,22-24,31,36-51H2,1-10H3,(H-2,70,74,77,78,79,80,81)/p+2. The molecule has 19 nitrogen and oxygen atoms in total. The Balaban J connectivity index is 0.871. The number of benzene rings is 4. The second kappa shape index (κ2) is 33.4. The third-order valence-electron chi connectivity index (χ3n) is 15.9. The molecular weight excluding hydrogens is 1260 g/mol. The normalized spacial score (nSPS) is 16.8. The maximum absolute atomic E-state index is 12.9. The Hall–Kier alpha value is -5.42. The van der Waals surface area contributed by atoms with Crippen LogP contribution in [0.25, 0.3) is 21.5 Å². The summed E-state index contributed by atoms with van der Waals surface area (Å²) in [6.45, 7) is 17.4. The van der Waals surface area contributed by atoms with E-state index >= 15 is 0 Å². The highest BCUT2D eigenvalue weighted by Crippen LogP contribution is 2.51. The van der Waals surface area contributed by atoms with Crippen molar-refractivity contribution in [1.82, 2.24) is 5.32 Å². The average molecular weight is 1350 g/mol. The molecule has 4 aromatic carbocycles. The van der Waals surface area contributed by atoms with Gasteiger partial charge < -0.3 is 43.3 Å². The number of rotatable bonds is 39. The third-order valence-corrected chi connectivity index (χ3v) is 18.3. The maximum Gasteiger partial charge on any atom is 0.472 e. The van der Waals surface area contributed by atoms with Crippen molar-refractivity contribution >= 4 is 90.3 Å². The van der Waals surface area contributed by atoms with Gasteiger partial charge in [-0.3, -0.25) is 28.0 Å². The van der Waals surface area contributed by atoms with Crippen LogP contribution in [-0.4, -0.2) is 174 Å². The molecule has 2 heterocycles. The molecule has 0 aromatic heterocycles. The summed E-state index contributed by atoms with van der Waals surface area (Å²) in [6, 6.07) is 25.7. The van der Waals surface area contributed by atoms with Crippen molar-refractivity contribution < 1.29 is 78.6 Å². The highest BCUT2D eigenvalue weighted by atomic mass is 79.9. The van der Waals surface area contributed by atoms with Crippen molar-refractivity contribution in [3.05, 3.63) is 132 Å². The number of nitrogens with zero attached hydrogens (tertiary/aromatic N) is 3. The number of alkyl halides is 1. The molecular formula is C68H96BrN4O15PS+2. The molecule has 0 aliphatic carbocycles. The summed E-state index contributed by atoms with van der Waals surface area (Å²) in [6.07, 6.45) is 18.7. The van der Waals surface area contributed by atoms with E-state index in [2.05, 4.69) is 162 Å². The minimum absolute atomic E-state index is 0.00370. The quantitative estimate of drug-likeness (QED) is 0.00552. The number of likely N-dealkylation sites (N-methyl/N-ethyl adjacent to an activating group) is 1. The fourth-order valence-electron chi connectivity index (χ4n) is 11.5. The van der Waals surface area contributed by atoms with Crippen molar-refractivity contribution in [3.8, 4) is 0 Å². The van der Waals surface area contributed by atoms with E-state index in [0.717, 1.165) is 37.2 Å². The van der Waals surface area contributed by atoms with Crippen molar-refractivity contribution in [2.45, 2.75) is 109 Å². The number of amides is 1. The van der Waals surface area contributed by atoms with Crippen molar-refractivity contribution in [2.75, 3.05) is 124 Å². The second-order valence-electron chi connectivity index (χ2n) is 25.7. The first-order valence-electron chi connectivity index (χ1n) is 31.1. The van der Waals surface area contributed by atoms with Crippen LogP contribution in [0.5, 0.6) is 0 Å². The molecule has 3 N–H and O–H groups in total. The lowest BCUT2D eigenvalue weighted by Gasteiger charge is -2.30. The Morgan fingerprint density at radius 2 is 1.27 bits per heavy atom. The molecule has 2 unspecified atom stereocenters. The lowest BCUT2D eigenvalue weighted by Crippen LogP contribution is -2.40. The van der Waals surface area contributed by atoms with E-state index in [1.165, 1.54) is 44.1 Å². The summed E-state index contributed by atoms with van der Waals surface area (Å²) in [5, 5.41) is 7.78. The number of phosphoric acid groups is 1. The first-order chi connectivity index (χ1) is 42.5. The Morgan fingerprint density at radius 1 is 0.689 bits per heavy atom. The molecule has 2 atom stereocenters. The van der Waals surface area contributed by atoms with Crippen LogP contribution in [0.2, 0.25) is 0 Å². The number of ether oxygens (including phenoxy) is 5. The molecule has 0 spiro atoms. The molecule has 494 valence electrons. The second-order valence-corrected chi connectivity index (χ2v) is 30.4. The maximum atomic E-state index is 12.9. The fraction of sp³-hybridized carbons (Fsp3) is 0.529. The van der Waals surface area contributed by atoms with Gasteiger partial charge in [-0.2, -0.15) is 13.0 Å². The van der Waals surface area contributed by atoms with E-state index in [-0.39, 0.29) is 68.6 Å². The summed E-state index contributed by atoms with van der Waals surface area (Å²) in [5.41, 5.74) is 5.55. The van der Waals surface area contributed by atoms with Gasteiger partial charge in [-0.15, -0.1) is 0 Å². The number of carbonyl (C=O) groups is 3. The molecule has 0 fully saturated rings. The molecule has 6 rings (SSSR count). The molecule has 0 saturated carbocycles. The van der Waals surface area contributed by atoms with E-state index in [1.807, 2.05) is 33.3 Å². The molecule has 0 radical (unpaired) electrons. The largest absolute Gasteiger partial charge is 0.472 e. The topological polar surface area (TPSA) is 226 Å². The summed E-state index contributed by atoms with van der Waals surface area (Å²) < 4.78 is 83.6. The van der Waals surface area contributed by atoms with Crippen LogP contribution >= 0.6 is 23.8 Å². The summed E-state index contributed by atoms with van der Waals surface area (Å²) >= 11 is 3.37. The zero-order valence-electron chi connectivity index (χ0n) is 54.3. The van der Waals surface area contributed by atoms with Gasteiger partial charge in [0.15, 0.2) is 5.71 Å². The predicted molar refractivity (Wildman–Crippen MR) is 358 cm³/mol. The van der Waals surface area contributed by atoms with Crippen LogP contribution < -0.4 is 10.2 Å². The van der Waals surface area contributed by atoms with Gasteiger partial charge in [0.05, 0.1) is 84.0 Å². The molecule has 90 heavy (non-hydrogen) atoms. The van der Waals surface area contributed by atoms with Gasteiger partial charge in [-0.05, 0) is 112 Å². The number of halogens is 1. The van der Waals surface area contributed by atoms with Gasteiger partial charge in [0, 0.05) is 60.4 Å². The molecule has 2 aliphatic heterocycles. The number of anilines is 1. The van der Waals surface area contributed by atoms with Crippen LogP contribution in [0.4, 0.5) is 11.4 Å². The zero-order valence-corrected chi connectivity index (χ0v) is 57.6. The number of allylic oxidation sites excluding steroid dienone is 8. The minimum atomic E-state index is -4.31. The van der Waals surface area contributed by atoms with E-state index in [4.69, 9.17) is 32.7 Å². The number of phosphoric ester groups is 1. The average Bonchev–Trinajstić information content (AvgIpc) is 1.58. The van der Waals surface area contributed by atoms with Crippen molar-refractivity contribution in [2.24, 2.45) is 5.41 Å². The third kappa shape index (κ3) is 21.9. The van der Waals surface area contributed by atoms with Crippen LogP contribution in [0.15, 0.2) is 121 Å². The van der Waals surface area contributed by atoms with Crippen molar-refractivity contribution in [1.29, 1.82) is 0 Å². The van der Waals surface area contributed by atoms with Gasteiger partial charge in [-0.1, -0.05) is 115 Å². The van der Waals surface area contributed by atoms with Gasteiger partial charge in [0.2, 0.25) is 11.6 Å². The highest BCUT2D eigenvalue weighted by molar-refractivity contribution is 9.10.